The molecule has 0 saturated heterocycles. The highest BCUT2D eigenvalue weighted by Crippen LogP contribution is 2.30. The number of ether oxygens (including phenoxy) is 1. The molecule has 2 heterocycles. The molecule has 3 heteroatoms. The second-order valence-electron chi connectivity index (χ2n) is 3.79. The Balaban J connectivity index is 2.22. The lowest BCUT2D eigenvalue weighted by molar-refractivity contribution is 0.414. The Bertz CT molecular complexity index is 502. The quantitative estimate of drug-likeness (QED) is 0.770. The van der Waals surface area contributed by atoms with Crippen LogP contribution in [0.1, 0.15) is 11.3 Å². The van der Waals surface area contributed by atoms with Gasteiger partial charge in [-0.15, -0.1) is 0 Å². The van der Waals surface area contributed by atoms with Gasteiger partial charge in [-0.25, -0.2) is 0 Å². The van der Waals surface area contributed by atoms with E-state index in [1.807, 2.05) is 12.1 Å². The molecule has 1 N–H and O–H groups in total. The fourth-order valence-corrected chi connectivity index (χ4v) is 2.14. The number of furan rings is 1. The number of rotatable bonds is 1. The molecule has 1 aliphatic rings. The number of hydrogen-bond donors (Lipinski definition) is 1. The van der Waals surface area contributed by atoms with Crippen LogP contribution in [-0.4, -0.2) is 13.7 Å². The van der Waals surface area contributed by atoms with Crippen LogP contribution in [0.2, 0.25) is 0 Å². The number of methoxy groups -OCH3 is 1. The Morgan fingerprint density at radius 3 is 3.20 bits per heavy atom. The lowest BCUT2D eigenvalue weighted by Gasteiger charge is -2.10. The predicted octanol–water partition coefficient (Wildman–Crippen LogP) is 2.09. The minimum atomic E-state index is 0.840. The zero-order valence-corrected chi connectivity index (χ0v) is 8.67. The van der Waals surface area contributed by atoms with Crippen molar-refractivity contribution in [1.82, 2.24) is 5.32 Å². The Kier molecular flexibility index (Phi) is 1.92. The van der Waals surface area contributed by atoms with Crippen LogP contribution >= 0.6 is 0 Å². The number of benzene rings is 1. The summed E-state index contributed by atoms with van der Waals surface area (Å²) < 4.78 is 11.0. The zero-order valence-electron chi connectivity index (χ0n) is 8.67. The third kappa shape index (κ3) is 1.31. The molecule has 0 aliphatic carbocycles. The molecule has 0 bridgehead atoms. The fourth-order valence-electron chi connectivity index (χ4n) is 2.14. The topological polar surface area (TPSA) is 34.4 Å². The van der Waals surface area contributed by atoms with Gasteiger partial charge >= 0.3 is 0 Å². The smallest absolute Gasteiger partial charge is 0.138 e. The molecule has 3 nitrogen and oxygen atoms in total. The van der Waals surface area contributed by atoms with Crippen molar-refractivity contribution in [3.05, 3.63) is 29.5 Å². The summed E-state index contributed by atoms with van der Waals surface area (Å²) in [5.74, 6) is 1.92. The molecule has 0 amide bonds. The van der Waals surface area contributed by atoms with E-state index in [2.05, 4.69) is 11.4 Å². The van der Waals surface area contributed by atoms with Crippen molar-refractivity contribution in [1.29, 1.82) is 0 Å². The van der Waals surface area contributed by atoms with Crippen LogP contribution in [0, 0.1) is 0 Å². The maximum atomic E-state index is 5.79. The maximum absolute atomic E-state index is 5.79. The summed E-state index contributed by atoms with van der Waals surface area (Å²) in [5.41, 5.74) is 2.29. The van der Waals surface area contributed by atoms with Gasteiger partial charge in [0.15, 0.2) is 0 Å². The number of fused-ring (bicyclic) bond motifs is 3. The molecule has 0 radical (unpaired) electrons. The summed E-state index contributed by atoms with van der Waals surface area (Å²) in [6, 6.07) is 6.02. The first-order chi connectivity index (χ1) is 7.38. The first-order valence-electron chi connectivity index (χ1n) is 5.17. The molecule has 3 rings (SSSR count). The lowest BCUT2D eigenvalue weighted by atomic mass is 10.0. The van der Waals surface area contributed by atoms with Gasteiger partial charge in [0.05, 0.1) is 13.7 Å². The molecule has 0 saturated carbocycles. The van der Waals surface area contributed by atoms with Crippen molar-refractivity contribution in [2.24, 2.45) is 0 Å². The second kappa shape index (κ2) is 3.28. The van der Waals surface area contributed by atoms with Gasteiger partial charge in [-0.1, -0.05) is 0 Å². The highest BCUT2D eigenvalue weighted by atomic mass is 16.5. The summed E-state index contributed by atoms with van der Waals surface area (Å²) in [6.45, 7) is 1.87. The van der Waals surface area contributed by atoms with Crippen molar-refractivity contribution >= 4 is 11.0 Å². The van der Waals surface area contributed by atoms with Gasteiger partial charge < -0.3 is 14.5 Å². The van der Waals surface area contributed by atoms with Crippen LogP contribution in [0.5, 0.6) is 5.75 Å². The van der Waals surface area contributed by atoms with Gasteiger partial charge in [-0.3, -0.25) is 0 Å². The number of hydrogen-bond acceptors (Lipinski definition) is 3. The molecule has 0 fully saturated rings. The van der Waals surface area contributed by atoms with Gasteiger partial charge in [-0.05, 0) is 25.1 Å². The molecular weight excluding hydrogens is 190 g/mol. The van der Waals surface area contributed by atoms with E-state index in [-0.39, 0.29) is 0 Å². The van der Waals surface area contributed by atoms with Crippen LogP contribution < -0.4 is 10.1 Å². The molecule has 1 aromatic carbocycles. The van der Waals surface area contributed by atoms with Crippen molar-refractivity contribution in [2.45, 2.75) is 13.0 Å². The van der Waals surface area contributed by atoms with E-state index >= 15 is 0 Å². The van der Waals surface area contributed by atoms with Crippen molar-refractivity contribution in [3.8, 4) is 5.75 Å². The van der Waals surface area contributed by atoms with Gasteiger partial charge in [0.25, 0.3) is 0 Å². The van der Waals surface area contributed by atoms with Crippen LogP contribution in [0.3, 0.4) is 0 Å². The third-order valence-electron chi connectivity index (χ3n) is 2.92. The largest absolute Gasteiger partial charge is 0.497 e. The Morgan fingerprint density at radius 2 is 2.33 bits per heavy atom. The predicted molar refractivity (Wildman–Crippen MR) is 58.2 cm³/mol. The highest BCUT2D eigenvalue weighted by Gasteiger charge is 2.17. The SMILES string of the molecule is COc1ccc2c3c(oc2c1)CNCC3. The average molecular weight is 203 g/mol. The Hall–Kier alpha value is -1.48. The summed E-state index contributed by atoms with van der Waals surface area (Å²) in [6.07, 6.45) is 1.05. The summed E-state index contributed by atoms with van der Waals surface area (Å²) in [4.78, 5) is 0. The van der Waals surface area contributed by atoms with E-state index in [0.717, 1.165) is 36.6 Å². The van der Waals surface area contributed by atoms with Gasteiger partial charge in [0, 0.05) is 17.0 Å². The normalized spacial score (nSPS) is 15.3. The molecular formula is C12H13NO2. The van der Waals surface area contributed by atoms with Gasteiger partial charge in [0.1, 0.15) is 17.1 Å². The lowest BCUT2D eigenvalue weighted by Crippen LogP contribution is -2.22. The molecule has 2 aromatic rings. The Morgan fingerprint density at radius 1 is 1.40 bits per heavy atom. The average Bonchev–Trinajstić information content (AvgIpc) is 2.66. The van der Waals surface area contributed by atoms with Crippen molar-refractivity contribution in [3.63, 3.8) is 0 Å². The molecule has 0 unspecified atom stereocenters. The molecule has 1 aromatic heterocycles. The minimum absolute atomic E-state index is 0.840. The first kappa shape index (κ1) is 8.80. The van der Waals surface area contributed by atoms with Crippen molar-refractivity contribution in [2.75, 3.05) is 13.7 Å². The van der Waals surface area contributed by atoms with Crippen molar-refractivity contribution < 1.29 is 9.15 Å². The summed E-state index contributed by atoms with van der Waals surface area (Å²) >= 11 is 0. The minimum Gasteiger partial charge on any atom is -0.497 e. The second-order valence-corrected chi connectivity index (χ2v) is 3.79. The molecule has 0 spiro atoms. The molecule has 0 atom stereocenters. The van der Waals surface area contributed by atoms with Crippen LogP contribution in [-0.2, 0) is 13.0 Å². The Labute approximate surface area is 88.0 Å². The van der Waals surface area contributed by atoms with E-state index in [9.17, 15) is 0 Å². The highest BCUT2D eigenvalue weighted by molar-refractivity contribution is 5.83. The standard InChI is InChI=1S/C12H13NO2/c1-14-8-2-3-9-10-4-5-13-7-12(10)15-11(9)6-8/h2-3,6,13H,4-5,7H2,1H3. The van der Waals surface area contributed by atoms with Gasteiger partial charge in [-0.2, -0.15) is 0 Å². The fraction of sp³-hybridized carbons (Fsp3) is 0.333. The summed E-state index contributed by atoms with van der Waals surface area (Å²) in [7, 11) is 1.67. The van der Waals surface area contributed by atoms with E-state index in [1.54, 1.807) is 7.11 Å². The van der Waals surface area contributed by atoms with E-state index in [4.69, 9.17) is 9.15 Å². The van der Waals surface area contributed by atoms with Gasteiger partial charge in [0.2, 0.25) is 0 Å². The first-order valence-corrected chi connectivity index (χ1v) is 5.17. The third-order valence-corrected chi connectivity index (χ3v) is 2.92. The van der Waals surface area contributed by atoms with E-state index in [0.29, 0.717) is 0 Å². The number of nitrogens with one attached hydrogen (secondary N) is 1. The zero-order chi connectivity index (χ0) is 10.3. The van der Waals surface area contributed by atoms with E-state index in [1.165, 1.54) is 10.9 Å². The molecule has 78 valence electrons. The molecule has 15 heavy (non-hydrogen) atoms. The summed E-state index contributed by atoms with van der Waals surface area (Å²) in [5, 5.41) is 4.53. The van der Waals surface area contributed by atoms with Crippen LogP contribution in [0.15, 0.2) is 22.6 Å². The maximum Gasteiger partial charge on any atom is 0.138 e. The van der Waals surface area contributed by atoms with Crippen LogP contribution in [0.25, 0.3) is 11.0 Å². The molecule has 1 aliphatic heterocycles. The van der Waals surface area contributed by atoms with Crippen LogP contribution in [0.4, 0.5) is 0 Å². The monoisotopic (exact) mass is 203 g/mol. The van der Waals surface area contributed by atoms with E-state index < -0.39 is 0 Å².